The molecule has 2 aromatic heterocycles. The van der Waals surface area contributed by atoms with E-state index in [1.54, 1.807) is 7.11 Å². The summed E-state index contributed by atoms with van der Waals surface area (Å²) >= 11 is 0. The van der Waals surface area contributed by atoms with Crippen molar-refractivity contribution in [1.29, 1.82) is 0 Å². The van der Waals surface area contributed by atoms with Gasteiger partial charge in [-0.15, -0.1) is 0 Å². The van der Waals surface area contributed by atoms with Gasteiger partial charge in [0.1, 0.15) is 11.4 Å². The predicted octanol–water partition coefficient (Wildman–Crippen LogP) is 5.14. The zero-order chi connectivity index (χ0) is 22.2. The van der Waals surface area contributed by atoms with E-state index in [0.29, 0.717) is 12.0 Å². The molecule has 0 aliphatic carbocycles. The Bertz CT molecular complexity index is 1230. The van der Waals surface area contributed by atoms with Crippen molar-refractivity contribution >= 4 is 27.6 Å². The molecule has 2 atom stereocenters. The molecule has 2 aromatic carbocycles. The van der Waals surface area contributed by atoms with Crippen molar-refractivity contribution in [3.05, 3.63) is 36.4 Å². The predicted molar refractivity (Wildman–Crippen MR) is 128 cm³/mol. The molecule has 0 unspecified atom stereocenters. The molecule has 168 valence electrons. The summed E-state index contributed by atoms with van der Waals surface area (Å²) in [6.07, 6.45) is 2.58. The highest BCUT2D eigenvalue weighted by molar-refractivity contribution is 5.94. The van der Waals surface area contributed by atoms with Gasteiger partial charge in [-0.2, -0.15) is 5.10 Å². The van der Waals surface area contributed by atoms with Crippen LogP contribution in [-0.4, -0.2) is 52.6 Å². The van der Waals surface area contributed by atoms with Gasteiger partial charge in [-0.3, -0.25) is 5.10 Å². The molecular formula is C25H31N5O2. The number of nitrogens with zero attached hydrogens (tertiary/aromatic N) is 3. The summed E-state index contributed by atoms with van der Waals surface area (Å²) in [5.41, 5.74) is 4.89. The summed E-state index contributed by atoms with van der Waals surface area (Å²) < 4.78 is 11.5. The molecule has 0 bridgehead atoms. The third-order valence-corrected chi connectivity index (χ3v) is 6.36. The summed E-state index contributed by atoms with van der Waals surface area (Å²) in [4.78, 5) is 10.8. The van der Waals surface area contributed by atoms with Gasteiger partial charge < -0.3 is 19.4 Å². The lowest BCUT2D eigenvalue weighted by Gasteiger charge is -2.40. The summed E-state index contributed by atoms with van der Waals surface area (Å²) in [7, 11) is 1.67. The normalized spacial score (nSPS) is 19.3. The number of methoxy groups -OCH3 is 1. The van der Waals surface area contributed by atoms with Gasteiger partial charge in [0.15, 0.2) is 5.82 Å². The van der Waals surface area contributed by atoms with Crippen LogP contribution in [0.25, 0.3) is 33.5 Å². The number of H-pyrrole nitrogens is 2. The minimum absolute atomic E-state index is 0.284. The molecule has 0 saturated carbocycles. The standard InChI is InChI=1S/C25H31N5O2/c1-15(2)5-7-19-13-30(16(3)14-32-19)17-6-9-22-23(11-17)27-25(26-22)24-20-12-18(31-4)8-10-21(20)28-29-24/h6,8-12,15-16,19H,5,7,13-14H2,1-4H3,(H,26,27)(H,28,29)/t16-,19+/m1/s1. The molecule has 0 radical (unpaired) electrons. The van der Waals surface area contributed by atoms with Gasteiger partial charge in [0.2, 0.25) is 0 Å². The number of anilines is 1. The number of aromatic amines is 2. The average Bonchev–Trinajstić information content (AvgIpc) is 3.41. The van der Waals surface area contributed by atoms with E-state index in [2.05, 4.69) is 59.1 Å². The minimum Gasteiger partial charge on any atom is -0.497 e. The lowest BCUT2D eigenvalue weighted by atomic mass is 10.0. The summed E-state index contributed by atoms with van der Waals surface area (Å²) in [5, 5.41) is 8.58. The lowest BCUT2D eigenvalue weighted by Crippen LogP contribution is -2.48. The van der Waals surface area contributed by atoms with Crippen LogP contribution >= 0.6 is 0 Å². The number of aromatic nitrogens is 4. The number of hydrogen-bond acceptors (Lipinski definition) is 5. The zero-order valence-corrected chi connectivity index (χ0v) is 19.2. The van der Waals surface area contributed by atoms with E-state index < -0.39 is 0 Å². The highest BCUT2D eigenvalue weighted by atomic mass is 16.5. The molecule has 4 aromatic rings. The largest absolute Gasteiger partial charge is 0.497 e. The zero-order valence-electron chi connectivity index (χ0n) is 19.2. The maximum absolute atomic E-state index is 6.11. The Kier molecular flexibility index (Phi) is 5.51. The first-order valence-corrected chi connectivity index (χ1v) is 11.4. The van der Waals surface area contributed by atoms with Crippen LogP contribution in [0, 0.1) is 5.92 Å². The second-order valence-corrected chi connectivity index (χ2v) is 9.20. The Morgan fingerprint density at radius 1 is 1.19 bits per heavy atom. The van der Waals surface area contributed by atoms with Crippen molar-refractivity contribution in [1.82, 2.24) is 20.2 Å². The van der Waals surface area contributed by atoms with Gasteiger partial charge in [-0.1, -0.05) is 13.8 Å². The maximum Gasteiger partial charge on any atom is 0.159 e. The molecule has 1 aliphatic heterocycles. The van der Waals surface area contributed by atoms with E-state index in [0.717, 1.165) is 58.8 Å². The number of benzene rings is 2. The SMILES string of the molecule is COc1ccc2[nH]nc(-c3nc4ccc(N5C[C@H](CCC(C)C)OC[C@H]5C)cc4[nH]3)c2c1. The van der Waals surface area contributed by atoms with Crippen LogP contribution < -0.4 is 9.64 Å². The highest BCUT2D eigenvalue weighted by Gasteiger charge is 2.26. The van der Waals surface area contributed by atoms with Crippen molar-refractivity contribution in [2.45, 2.75) is 45.8 Å². The minimum atomic E-state index is 0.284. The third-order valence-electron chi connectivity index (χ3n) is 6.36. The van der Waals surface area contributed by atoms with Gasteiger partial charge in [-0.05, 0) is 62.1 Å². The number of nitrogens with one attached hydrogen (secondary N) is 2. The van der Waals surface area contributed by atoms with E-state index >= 15 is 0 Å². The second kappa shape index (κ2) is 8.47. The van der Waals surface area contributed by atoms with Crippen molar-refractivity contribution in [2.24, 2.45) is 5.92 Å². The Hall–Kier alpha value is -3.06. The Labute approximate surface area is 188 Å². The van der Waals surface area contributed by atoms with Crippen molar-refractivity contribution in [3.8, 4) is 17.3 Å². The van der Waals surface area contributed by atoms with Crippen LogP contribution in [0.15, 0.2) is 36.4 Å². The fraction of sp³-hybridized carbons (Fsp3) is 0.440. The second-order valence-electron chi connectivity index (χ2n) is 9.20. The first-order valence-electron chi connectivity index (χ1n) is 11.4. The fourth-order valence-corrected chi connectivity index (χ4v) is 4.46. The molecule has 3 heterocycles. The average molecular weight is 434 g/mol. The van der Waals surface area contributed by atoms with Crippen LogP contribution in [-0.2, 0) is 4.74 Å². The Balaban J connectivity index is 1.44. The van der Waals surface area contributed by atoms with Crippen LogP contribution in [0.1, 0.15) is 33.6 Å². The molecule has 5 rings (SSSR count). The first-order chi connectivity index (χ1) is 15.5. The lowest BCUT2D eigenvalue weighted by molar-refractivity contribution is 0.0149. The molecule has 1 aliphatic rings. The number of fused-ring (bicyclic) bond motifs is 2. The Morgan fingerprint density at radius 2 is 2.06 bits per heavy atom. The van der Waals surface area contributed by atoms with Gasteiger partial charge in [0.25, 0.3) is 0 Å². The topological polar surface area (TPSA) is 79.1 Å². The molecule has 32 heavy (non-hydrogen) atoms. The number of rotatable bonds is 6. The van der Waals surface area contributed by atoms with Gasteiger partial charge in [0.05, 0.1) is 36.4 Å². The van der Waals surface area contributed by atoms with Crippen molar-refractivity contribution in [3.63, 3.8) is 0 Å². The third kappa shape index (κ3) is 3.93. The van der Waals surface area contributed by atoms with E-state index in [9.17, 15) is 0 Å². The Morgan fingerprint density at radius 3 is 2.88 bits per heavy atom. The maximum atomic E-state index is 6.11. The number of ether oxygens (including phenoxy) is 2. The molecule has 2 N–H and O–H groups in total. The van der Waals surface area contributed by atoms with Crippen LogP contribution in [0.3, 0.4) is 0 Å². The molecule has 7 heteroatoms. The molecule has 0 spiro atoms. The number of hydrogen-bond donors (Lipinski definition) is 2. The highest BCUT2D eigenvalue weighted by Crippen LogP contribution is 2.31. The molecule has 1 fully saturated rings. The molecular weight excluding hydrogens is 402 g/mol. The smallest absolute Gasteiger partial charge is 0.159 e. The quantitative estimate of drug-likeness (QED) is 0.440. The van der Waals surface area contributed by atoms with Crippen LogP contribution in [0.5, 0.6) is 5.75 Å². The molecule has 1 saturated heterocycles. The summed E-state index contributed by atoms with van der Waals surface area (Å²) in [6, 6.07) is 12.7. The van der Waals surface area contributed by atoms with Crippen molar-refractivity contribution < 1.29 is 9.47 Å². The molecule has 0 amide bonds. The number of morpholine rings is 1. The monoisotopic (exact) mass is 433 g/mol. The van der Waals surface area contributed by atoms with Gasteiger partial charge in [0, 0.05) is 23.7 Å². The van der Waals surface area contributed by atoms with Gasteiger partial charge in [-0.25, -0.2) is 4.98 Å². The van der Waals surface area contributed by atoms with E-state index in [4.69, 9.17) is 14.5 Å². The first kappa shape index (κ1) is 20.8. The fourth-order valence-electron chi connectivity index (χ4n) is 4.46. The number of imidazole rings is 1. The van der Waals surface area contributed by atoms with Gasteiger partial charge >= 0.3 is 0 Å². The van der Waals surface area contributed by atoms with Crippen molar-refractivity contribution in [2.75, 3.05) is 25.2 Å². The molecule has 7 nitrogen and oxygen atoms in total. The van der Waals surface area contributed by atoms with Crippen LogP contribution in [0.2, 0.25) is 0 Å². The van der Waals surface area contributed by atoms with Crippen LogP contribution in [0.4, 0.5) is 5.69 Å². The van der Waals surface area contributed by atoms with E-state index in [1.165, 1.54) is 12.1 Å². The van der Waals surface area contributed by atoms with E-state index in [-0.39, 0.29) is 6.10 Å². The van der Waals surface area contributed by atoms with E-state index in [1.807, 2.05) is 18.2 Å². The summed E-state index contributed by atoms with van der Waals surface area (Å²) in [6.45, 7) is 8.45. The summed E-state index contributed by atoms with van der Waals surface area (Å²) in [5.74, 6) is 2.25.